The minimum absolute atomic E-state index is 0.0922. The minimum atomic E-state index is -0.593. The number of aromatic nitrogens is 3. The number of hydrogen-bond donors (Lipinski definition) is 2. The highest BCUT2D eigenvalue weighted by atomic mass is 16.5. The molecule has 0 bridgehead atoms. The van der Waals surface area contributed by atoms with Gasteiger partial charge in [-0.05, 0) is 35.7 Å². The highest BCUT2D eigenvalue weighted by molar-refractivity contribution is 5.81. The van der Waals surface area contributed by atoms with Gasteiger partial charge >= 0.3 is 0 Å². The summed E-state index contributed by atoms with van der Waals surface area (Å²) in [6, 6.07) is 17.9. The number of benzene rings is 2. The van der Waals surface area contributed by atoms with E-state index in [0.717, 1.165) is 30.5 Å². The second-order valence-corrected chi connectivity index (χ2v) is 8.84. The molecule has 8 heteroatoms. The fourth-order valence-electron chi connectivity index (χ4n) is 4.45. The van der Waals surface area contributed by atoms with Gasteiger partial charge in [0.1, 0.15) is 30.7 Å². The van der Waals surface area contributed by atoms with Crippen LogP contribution in [0.2, 0.25) is 0 Å². The van der Waals surface area contributed by atoms with Crippen molar-refractivity contribution < 1.29 is 14.6 Å². The Balaban J connectivity index is 1.23. The summed E-state index contributed by atoms with van der Waals surface area (Å²) in [7, 11) is 1.61. The molecule has 0 saturated carbocycles. The van der Waals surface area contributed by atoms with E-state index in [4.69, 9.17) is 4.74 Å². The summed E-state index contributed by atoms with van der Waals surface area (Å²) in [4.78, 5) is 23.3. The predicted molar refractivity (Wildman–Crippen MR) is 134 cm³/mol. The van der Waals surface area contributed by atoms with Crippen LogP contribution >= 0.6 is 0 Å². The predicted octanol–water partition coefficient (Wildman–Crippen LogP) is 2.64. The van der Waals surface area contributed by atoms with Gasteiger partial charge in [-0.3, -0.25) is 9.69 Å². The van der Waals surface area contributed by atoms with Gasteiger partial charge in [-0.15, -0.1) is 0 Å². The average Bonchev–Trinajstić information content (AvgIpc) is 3.29. The largest absolute Gasteiger partial charge is 0.491 e. The van der Waals surface area contributed by atoms with E-state index in [-0.39, 0.29) is 19.1 Å². The first-order valence-corrected chi connectivity index (χ1v) is 11.8. The highest BCUT2D eigenvalue weighted by Crippen LogP contribution is 2.24. The zero-order valence-electron chi connectivity index (χ0n) is 19.7. The molecule has 0 spiro atoms. The summed E-state index contributed by atoms with van der Waals surface area (Å²) >= 11 is 0. The monoisotopic (exact) mass is 471 g/mol. The highest BCUT2D eigenvalue weighted by Gasteiger charge is 2.19. The van der Waals surface area contributed by atoms with Gasteiger partial charge in [-0.2, -0.15) is 0 Å². The molecule has 0 saturated heterocycles. The molecule has 2 aromatic carbocycles. The number of rotatable bonds is 8. The number of carbonyl (C=O) groups is 1. The Morgan fingerprint density at radius 1 is 1.17 bits per heavy atom. The third-order valence-corrected chi connectivity index (χ3v) is 6.31. The van der Waals surface area contributed by atoms with Crippen molar-refractivity contribution in [2.24, 2.45) is 0 Å². The van der Waals surface area contributed by atoms with Crippen molar-refractivity contribution in [3.63, 3.8) is 0 Å². The quantitative estimate of drug-likeness (QED) is 0.411. The summed E-state index contributed by atoms with van der Waals surface area (Å²) in [5.74, 6) is 1.10. The van der Waals surface area contributed by atoms with E-state index in [9.17, 15) is 9.90 Å². The number of likely N-dealkylation sites (N-methyl/N-ethyl adjacent to an activating group) is 1. The number of β-amino-alcohol motifs (C(OH)–C–C–N with tert-alkyl or cyclic N) is 1. The number of carbonyl (C=O) groups excluding carboxylic acids is 1. The van der Waals surface area contributed by atoms with Crippen molar-refractivity contribution in [2.75, 3.05) is 26.7 Å². The first-order valence-electron chi connectivity index (χ1n) is 11.8. The first kappa shape index (κ1) is 23.0. The summed E-state index contributed by atoms with van der Waals surface area (Å²) in [6.07, 6.45) is 4.00. The summed E-state index contributed by atoms with van der Waals surface area (Å²) < 4.78 is 7.71. The SMILES string of the molecule is CNC(=O)Cn1ccc2cnc(-c3cccc(OCC(O)CN4CCc5ccccc5C4)c3)nc21. The van der Waals surface area contributed by atoms with Gasteiger partial charge in [0, 0.05) is 50.0 Å². The number of aliphatic hydroxyl groups is 1. The lowest BCUT2D eigenvalue weighted by Crippen LogP contribution is -2.38. The third-order valence-electron chi connectivity index (χ3n) is 6.31. The van der Waals surface area contributed by atoms with E-state index in [1.165, 1.54) is 11.1 Å². The van der Waals surface area contributed by atoms with Crippen molar-refractivity contribution in [3.05, 3.63) is 78.1 Å². The molecule has 2 N–H and O–H groups in total. The standard InChI is InChI=1S/C27H29N5O3/c1-28-25(34)17-32-12-10-21-14-29-26(30-27(21)32)20-7-4-8-24(13-20)35-18-23(33)16-31-11-9-19-5-2-3-6-22(19)15-31/h2-8,10,12-14,23,33H,9,11,15-18H2,1H3,(H,28,34). The minimum Gasteiger partial charge on any atom is -0.491 e. The number of fused-ring (bicyclic) bond motifs is 2. The zero-order chi connectivity index (χ0) is 24.2. The Kier molecular flexibility index (Phi) is 6.74. The van der Waals surface area contributed by atoms with E-state index < -0.39 is 6.10 Å². The Labute approximate surface area is 204 Å². The molecule has 180 valence electrons. The van der Waals surface area contributed by atoms with Crippen molar-refractivity contribution in [1.82, 2.24) is 24.8 Å². The van der Waals surface area contributed by atoms with Crippen LogP contribution in [0.25, 0.3) is 22.4 Å². The lowest BCUT2D eigenvalue weighted by molar-refractivity contribution is -0.121. The molecule has 1 atom stereocenters. The average molecular weight is 472 g/mol. The second kappa shape index (κ2) is 10.2. The molecule has 3 heterocycles. The second-order valence-electron chi connectivity index (χ2n) is 8.84. The first-order chi connectivity index (χ1) is 17.1. The van der Waals surface area contributed by atoms with Crippen LogP contribution in [0.5, 0.6) is 5.75 Å². The molecule has 1 aliphatic rings. The Bertz CT molecular complexity index is 1340. The van der Waals surface area contributed by atoms with E-state index in [2.05, 4.69) is 44.5 Å². The molecule has 1 unspecified atom stereocenters. The molecule has 2 aromatic heterocycles. The summed E-state index contributed by atoms with van der Waals surface area (Å²) in [5.41, 5.74) is 4.23. The van der Waals surface area contributed by atoms with Crippen LogP contribution in [0.1, 0.15) is 11.1 Å². The number of amides is 1. The number of nitrogens with zero attached hydrogens (tertiary/aromatic N) is 4. The van der Waals surface area contributed by atoms with E-state index >= 15 is 0 Å². The van der Waals surface area contributed by atoms with Crippen LogP contribution in [0.4, 0.5) is 0 Å². The van der Waals surface area contributed by atoms with Crippen molar-refractivity contribution in [1.29, 1.82) is 0 Å². The van der Waals surface area contributed by atoms with Gasteiger partial charge in [-0.1, -0.05) is 36.4 Å². The Morgan fingerprint density at radius 3 is 2.89 bits per heavy atom. The van der Waals surface area contributed by atoms with Crippen LogP contribution in [-0.4, -0.2) is 63.3 Å². The fourth-order valence-corrected chi connectivity index (χ4v) is 4.45. The zero-order valence-corrected chi connectivity index (χ0v) is 19.7. The van der Waals surface area contributed by atoms with E-state index in [0.29, 0.717) is 23.8 Å². The van der Waals surface area contributed by atoms with Gasteiger partial charge in [0.2, 0.25) is 5.91 Å². The van der Waals surface area contributed by atoms with Crippen LogP contribution in [0.3, 0.4) is 0 Å². The lowest BCUT2D eigenvalue weighted by Gasteiger charge is -2.30. The molecule has 1 aliphatic heterocycles. The molecule has 8 nitrogen and oxygen atoms in total. The molecule has 4 aromatic rings. The number of nitrogens with one attached hydrogen (secondary N) is 1. The number of aliphatic hydroxyl groups excluding tert-OH is 1. The topological polar surface area (TPSA) is 92.5 Å². The number of hydrogen-bond acceptors (Lipinski definition) is 6. The van der Waals surface area contributed by atoms with Gasteiger partial charge in [0.15, 0.2) is 5.82 Å². The van der Waals surface area contributed by atoms with Gasteiger partial charge < -0.3 is 19.7 Å². The molecule has 5 rings (SSSR count). The Hall–Kier alpha value is -3.75. The van der Waals surface area contributed by atoms with E-state index in [1.54, 1.807) is 17.8 Å². The molecular formula is C27H29N5O3. The van der Waals surface area contributed by atoms with E-state index in [1.807, 2.05) is 36.5 Å². The molecular weight excluding hydrogens is 442 g/mol. The normalized spacial score (nSPS) is 14.5. The maximum absolute atomic E-state index is 11.8. The van der Waals surface area contributed by atoms with Gasteiger partial charge in [0.25, 0.3) is 0 Å². The third kappa shape index (κ3) is 5.34. The summed E-state index contributed by atoms with van der Waals surface area (Å²) in [6.45, 7) is 2.75. The molecule has 1 amide bonds. The summed E-state index contributed by atoms with van der Waals surface area (Å²) in [5, 5.41) is 14.1. The smallest absolute Gasteiger partial charge is 0.239 e. The maximum Gasteiger partial charge on any atom is 0.239 e. The van der Waals surface area contributed by atoms with Gasteiger partial charge in [0.05, 0.1) is 0 Å². The Morgan fingerprint density at radius 2 is 2.03 bits per heavy atom. The van der Waals surface area contributed by atoms with Crippen LogP contribution < -0.4 is 10.1 Å². The van der Waals surface area contributed by atoms with Crippen LogP contribution in [-0.2, 0) is 24.3 Å². The molecule has 0 radical (unpaired) electrons. The molecule has 35 heavy (non-hydrogen) atoms. The maximum atomic E-state index is 11.8. The van der Waals surface area contributed by atoms with Crippen molar-refractivity contribution >= 4 is 16.9 Å². The fraction of sp³-hybridized carbons (Fsp3) is 0.296. The van der Waals surface area contributed by atoms with Crippen LogP contribution in [0, 0.1) is 0 Å². The molecule has 0 aliphatic carbocycles. The lowest BCUT2D eigenvalue weighted by atomic mass is 10.00. The number of ether oxygens (including phenoxy) is 1. The van der Waals surface area contributed by atoms with Gasteiger partial charge in [-0.25, -0.2) is 9.97 Å². The van der Waals surface area contributed by atoms with Crippen molar-refractivity contribution in [2.45, 2.75) is 25.6 Å². The van der Waals surface area contributed by atoms with Crippen LogP contribution in [0.15, 0.2) is 67.0 Å². The van der Waals surface area contributed by atoms with Crippen molar-refractivity contribution in [3.8, 4) is 17.1 Å². The molecule has 0 fully saturated rings.